The van der Waals surface area contributed by atoms with Gasteiger partial charge in [-0.3, -0.25) is 14.9 Å². The monoisotopic (exact) mass is 329 g/mol. The van der Waals surface area contributed by atoms with Gasteiger partial charge in [0.2, 0.25) is 5.91 Å². The van der Waals surface area contributed by atoms with Gasteiger partial charge in [0.05, 0.1) is 5.69 Å². The van der Waals surface area contributed by atoms with Crippen LogP contribution in [0.1, 0.15) is 18.1 Å². The minimum atomic E-state index is -5.19. The number of nitrogens with zero attached hydrogens (tertiary/aromatic N) is 1. The summed E-state index contributed by atoms with van der Waals surface area (Å²) < 4.78 is 40.1. The lowest BCUT2D eigenvalue weighted by molar-refractivity contribution is -0.201. The van der Waals surface area contributed by atoms with E-state index in [-0.39, 0.29) is 5.69 Å². The van der Waals surface area contributed by atoms with Crippen molar-refractivity contribution < 1.29 is 27.6 Å². The van der Waals surface area contributed by atoms with E-state index in [0.29, 0.717) is 10.5 Å². The van der Waals surface area contributed by atoms with E-state index in [1.807, 2.05) is 0 Å². The second kappa shape index (κ2) is 5.25. The van der Waals surface area contributed by atoms with E-state index >= 15 is 0 Å². The first-order valence-electron chi connectivity index (χ1n) is 6.59. The summed E-state index contributed by atoms with van der Waals surface area (Å²) in [5.74, 6) is -2.70. The van der Waals surface area contributed by atoms with Crippen LogP contribution in [0.25, 0.3) is 0 Å². The number of nitrogens with one attached hydrogen (secondary N) is 2. The third-order valence-electron chi connectivity index (χ3n) is 3.56. The Morgan fingerprint density at radius 3 is 2.30 bits per heavy atom. The van der Waals surface area contributed by atoms with Crippen molar-refractivity contribution in [1.82, 2.24) is 10.6 Å². The van der Waals surface area contributed by atoms with E-state index in [2.05, 4.69) is 0 Å². The van der Waals surface area contributed by atoms with Crippen molar-refractivity contribution in [2.24, 2.45) is 0 Å². The number of anilines is 1. The molecule has 2 N–H and O–H groups in total. The molecule has 1 aromatic carbocycles. The maximum Gasteiger partial charge on any atom is 0.440 e. The smallest absolute Gasteiger partial charge is 0.318 e. The van der Waals surface area contributed by atoms with Gasteiger partial charge >= 0.3 is 12.2 Å². The molecule has 1 aliphatic heterocycles. The van der Waals surface area contributed by atoms with E-state index in [9.17, 15) is 27.6 Å². The fourth-order valence-electron chi connectivity index (χ4n) is 2.24. The molecule has 1 heterocycles. The summed E-state index contributed by atoms with van der Waals surface area (Å²) in [6.07, 6.45) is -5.19. The lowest BCUT2D eigenvalue weighted by atomic mass is 10.1. The molecule has 1 atom stereocenters. The number of benzene rings is 1. The zero-order valence-electron chi connectivity index (χ0n) is 12.5. The van der Waals surface area contributed by atoms with Crippen molar-refractivity contribution in [1.29, 1.82) is 0 Å². The van der Waals surface area contributed by atoms with Crippen LogP contribution >= 0.6 is 0 Å². The van der Waals surface area contributed by atoms with Gasteiger partial charge in [0.25, 0.3) is 11.6 Å². The fourth-order valence-corrected chi connectivity index (χ4v) is 2.24. The third-order valence-corrected chi connectivity index (χ3v) is 3.56. The lowest BCUT2D eigenvalue weighted by Crippen LogP contribution is -2.69. The number of imide groups is 1. The van der Waals surface area contributed by atoms with Gasteiger partial charge in [-0.15, -0.1) is 0 Å². The molecule has 0 spiro atoms. The van der Waals surface area contributed by atoms with Gasteiger partial charge in [0, 0.05) is 6.92 Å². The molecule has 0 aromatic heterocycles. The second-order valence-corrected chi connectivity index (χ2v) is 5.27. The Kier molecular flexibility index (Phi) is 3.83. The number of carbonyl (C=O) groups excluding carboxylic acids is 3. The van der Waals surface area contributed by atoms with Crippen LogP contribution in [0, 0.1) is 13.8 Å². The molecule has 0 saturated carbocycles. The molecule has 1 fully saturated rings. The SMILES string of the molecule is CC(=O)N[C@]1(C(F)(F)F)NC(=O)N(c2ccc(C)c(C)c2)C1=O. The number of amides is 4. The first-order valence-corrected chi connectivity index (χ1v) is 6.59. The van der Waals surface area contributed by atoms with Crippen molar-refractivity contribution in [2.75, 3.05) is 4.90 Å². The first kappa shape index (κ1) is 16.8. The predicted octanol–water partition coefficient (Wildman–Crippen LogP) is 1.75. The maximum atomic E-state index is 13.4. The summed E-state index contributed by atoms with van der Waals surface area (Å²) in [7, 11) is 0. The first-order chi connectivity index (χ1) is 10.5. The normalized spacial score (nSPS) is 21.4. The zero-order chi connectivity index (χ0) is 17.6. The minimum absolute atomic E-state index is 0.00734. The van der Waals surface area contributed by atoms with Gasteiger partial charge < -0.3 is 5.32 Å². The number of hydrogen-bond donors (Lipinski definition) is 2. The van der Waals surface area contributed by atoms with E-state index in [4.69, 9.17) is 0 Å². The Balaban J connectivity index is 2.53. The van der Waals surface area contributed by atoms with Crippen LogP contribution in [-0.2, 0) is 9.59 Å². The molecule has 23 heavy (non-hydrogen) atoms. The molecule has 0 unspecified atom stereocenters. The zero-order valence-corrected chi connectivity index (χ0v) is 12.5. The van der Waals surface area contributed by atoms with Crippen molar-refractivity contribution >= 4 is 23.5 Å². The van der Waals surface area contributed by atoms with Gasteiger partial charge in [0.15, 0.2) is 0 Å². The molecular formula is C14H14F3N3O3. The molecule has 0 bridgehead atoms. The highest BCUT2D eigenvalue weighted by Gasteiger charge is 2.68. The molecule has 1 aliphatic rings. The Labute approximate surface area is 129 Å². The molecule has 0 aliphatic carbocycles. The number of urea groups is 1. The number of rotatable bonds is 2. The van der Waals surface area contributed by atoms with Crippen LogP contribution < -0.4 is 15.5 Å². The quantitative estimate of drug-likeness (QED) is 0.812. The number of halogens is 3. The van der Waals surface area contributed by atoms with Crippen LogP contribution in [0.5, 0.6) is 0 Å². The summed E-state index contributed by atoms with van der Waals surface area (Å²) in [5, 5.41) is 3.07. The van der Waals surface area contributed by atoms with Gasteiger partial charge in [-0.1, -0.05) is 6.07 Å². The summed E-state index contributed by atoms with van der Waals surface area (Å²) in [6, 6.07) is 3.11. The highest BCUT2D eigenvalue weighted by Crippen LogP contribution is 2.36. The Morgan fingerprint density at radius 1 is 1.22 bits per heavy atom. The molecule has 9 heteroatoms. The molecule has 124 valence electrons. The average Bonchev–Trinajstić information content (AvgIpc) is 2.64. The molecule has 4 amide bonds. The Morgan fingerprint density at radius 2 is 1.83 bits per heavy atom. The molecule has 0 radical (unpaired) electrons. The topological polar surface area (TPSA) is 78.5 Å². The van der Waals surface area contributed by atoms with Crippen molar-refractivity contribution in [3.8, 4) is 0 Å². The lowest BCUT2D eigenvalue weighted by Gasteiger charge is -2.29. The summed E-state index contributed by atoms with van der Waals surface area (Å²) >= 11 is 0. The van der Waals surface area contributed by atoms with E-state index in [1.54, 1.807) is 25.2 Å². The van der Waals surface area contributed by atoms with Crippen LogP contribution in [0.3, 0.4) is 0 Å². The van der Waals surface area contributed by atoms with Crippen molar-refractivity contribution in [3.05, 3.63) is 29.3 Å². The van der Waals surface area contributed by atoms with E-state index < -0.39 is 29.7 Å². The number of carbonyl (C=O) groups is 3. The van der Waals surface area contributed by atoms with Gasteiger partial charge in [-0.05, 0) is 37.1 Å². The van der Waals surface area contributed by atoms with Crippen molar-refractivity contribution in [2.45, 2.75) is 32.6 Å². The van der Waals surface area contributed by atoms with Crippen LogP contribution in [0.4, 0.5) is 23.7 Å². The van der Waals surface area contributed by atoms with E-state index in [0.717, 1.165) is 12.5 Å². The molecule has 1 saturated heterocycles. The third kappa shape index (κ3) is 2.62. The van der Waals surface area contributed by atoms with Crippen molar-refractivity contribution in [3.63, 3.8) is 0 Å². The summed E-state index contributed by atoms with van der Waals surface area (Å²) in [4.78, 5) is 35.8. The Hall–Kier alpha value is -2.58. The molecular weight excluding hydrogens is 315 g/mol. The molecule has 1 aromatic rings. The fraction of sp³-hybridized carbons (Fsp3) is 0.357. The van der Waals surface area contributed by atoms with Gasteiger partial charge in [0.1, 0.15) is 0 Å². The maximum absolute atomic E-state index is 13.4. The standard InChI is InChI=1S/C14H14F3N3O3/c1-7-4-5-10(6-8(7)2)20-11(22)13(14(15,16)17,18-9(3)21)19-12(20)23/h4-6H,1-3H3,(H,18,21)(H,19,23)/t13-/m0/s1. The highest BCUT2D eigenvalue weighted by atomic mass is 19.4. The van der Waals surface area contributed by atoms with E-state index in [1.165, 1.54) is 17.4 Å². The summed E-state index contributed by atoms with van der Waals surface area (Å²) in [6.45, 7) is 4.30. The number of hydrogen-bond acceptors (Lipinski definition) is 3. The average molecular weight is 329 g/mol. The van der Waals surface area contributed by atoms with Crippen LogP contribution in [-0.4, -0.2) is 29.7 Å². The molecule has 2 rings (SSSR count). The van der Waals surface area contributed by atoms with Crippen LogP contribution in [0.15, 0.2) is 18.2 Å². The summed E-state index contributed by atoms with van der Waals surface area (Å²) in [5.41, 5.74) is -1.92. The predicted molar refractivity (Wildman–Crippen MR) is 74.5 cm³/mol. The van der Waals surface area contributed by atoms with Gasteiger partial charge in [-0.2, -0.15) is 13.2 Å². The largest absolute Gasteiger partial charge is 0.440 e. The number of aryl methyl sites for hydroxylation is 2. The van der Waals surface area contributed by atoms with Gasteiger partial charge in [-0.25, -0.2) is 9.69 Å². The minimum Gasteiger partial charge on any atom is -0.318 e. The highest BCUT2D eigenvalue weighted by molar-refractivity contribution is 6.24. The number of alkyl halides is 3. The Bertz CT molecular complexity index is 702. The second-order valence-electron chi connectivity index (χ2n) is 5.27. The molecule has 6 nitrogen and oxygen atoms in total. The van der Waals surface area contributed by atoms with Crippen LogP contribution in [0.2, 0.25) is 0 Å².